The zero-order chi connectivity index (χ0) is 13.7. The molecule has 0 aliphatic carbocycles. The molecule has 0 aliphatic rings. The van der Waals surface area contributed by atoms with Crippen molar-refractivity contribution >= 4 is 0 Å². The maximum Gasteiger partial charge on any atom is 0.330 e. The molecule has 1 aromatic heterocycles. The molecule has 1 atom stereocenters. The number of hydrogen-bond donors (Lipinski definition) is 1. The van der Waals surface area contributed by atoms with E-state index in [-0.39, 0.29) is 17.3 Å². The topological polar surface area (TPSA) is 65.3 Å². The summed E-state index contributed by atoms with van der Waals surface area (Å²) in [4.78, 5) is 23.4. The van der Waals surface area contributed by atoms with E-state index in [0.717, 1.165) is 11.0 Å². The third kappa shape index (κ3) is 3.54. The molecule has 0 aromatic carbocycles. The van der Waals surface area contributed by atoms with Crippen LogP contribution in [0, 0.1) is 0 Å². The Morgan fingerprint density at radius 2 is 2.06 bits per heavy atom. The van der Waals surface area contributed by atoms with Crippen LogP contribution in [0.2, 0.25) is 0 Å². The predicted molar refractivity (Wildman–Crippen MR) is 69.7 cm³/mol. The molecular weight excluding hydrogens is 234 g/mol. The van der Waals surface area contributed by atoms with Crippen molar-refractivity contribution < 1.29 is 4.74 Å². The van der Waals surface area contributed by atoms with Crippen LogP contribution in [0.1, 0.15) is 18.9 Å². The molecule has 102 valence electrons. The third-order valence-electron chi connectivity index (χ3n) is 2.91. The lowest BCUT2D eigenvalue weighted by atomic mass is 10.2. The van der Waals surface area contributed by atoms with Crippen molar-refractivity contribution in [2.24, 2.45) is 14.1 Å². The lowest BCUT2D eigenvalue weighted by molar-refractivity contribution is 0.184. The predicted octanol–water partition coefficient (Wildman–Crippen LogP) is -0.401. The zero-order valence-corrected chi connectivity index (χ0v) is 11.4. The van der Waals surface area contributed by atoms with Gasteiger partial charge in [-0.15, -0.1) is 0 Å². The van der Waals surface area contributed by atoms with Crippen LogP contribution < -0.4 is 16.6 Å². The van der Waals surface area contributed by atoms with Crippen LogP contribution >= 0.6 is 0 Å². The average Bonchev–Trinajstić information content (AvgIpc) is 2.36. The maximum atomic E-state index is 11.9. The molecule has 1 aromatic rings. The third-order valence-corrected chi connectivity index (χ3v) is 2.91. The van der Waals surface area contributed by atoms with Crippen LogP contribution in [0.3, 0.4) is 0 Å². The van der Waals surface area contributed by atoms with Gasteiger partial charge in [0.2, 0.25) is 0 Å². The number of aromatic nitrogens is 2. The molecule has 1 unspecified atom stereocenters. The van der Waals surface area contributed by atoms with Gasteiger partial charge in [0.15, 0.2) is 0 Å². The van der Waals surface area contributed by atoms with Crippen LogP contribution in [0.25, 0.3) is 0 Å². The normalized spacial score (nSPS) is 12.7. The lowest BCUT2D eigenvalue weighted by Gasteiger charge is -2.13. The summed E-state index contributed by atoms with van der Waals surface area (Å²) in [7, 11) is 4.79. The van der Waals surface area contributed by atoms with Crippen molar-refractivity contribution in [3.05, 3.63) is 32.6 Å². The van der Waals surface area contributed by atoms with Gasteiger partial charge in [0.25, 0.3) is 5.56 Å². The zero-order valence-electron chi connectivity index (χ0n) is 11.4. The summed E-state index contributed by atoms with van der Waals surface area (Å²) >= 11 is 0. The molecule has 1 N–H and O–H groups in total. The maximum absolute atomic E-state index is 11.9. The Bertz CT molecular complexity index is 504. The quantitative estimate of drug-likeness (QED) is 0.751. The van der Waals surface area contributed by atoms with E-state index in [1.54, 1.807) is 20.4 Å². The van der Waals surface area contributed by atoms with Gasteiger partial charge in [-0.2, -0.15) is 0 Å². The van der Waals surface area contributed by atoms with E-state index < -0.39 is 0 Å². The summed E-state index contributed by atoms with van der Waals surface area (Å²) in [6, 6.07) is 0.256. The molecule has 0 amide bonds. The number of ether oxygens (including phenoxy) is 1. The molecule has 1 rings (SSSR count). The summed E-state index contributed by atoms with van der Waals surface area (Å²) in [6.45, 7) is 3.16. The second-order valence-electron chi connectivity index (χ2n) is 4.48. The van der Waals surface area contributed by atoms with Crippen LogP contribution in [0.4, 0.5) is 0 Å². The number of rotatable bonds is 6. The Balaban J connectivity index is 2.74. The van der Waals surface area contributed by atoms with Crippen molar-refractivity contribution in [3.8, 4) is 0 Å². The van der Waals surface area contributed by atoms with Crippen LogP contribution in [0.15, 0.2) is 15.8 Å². The smallest absolute Gasteiger partial charge is 0.330 e. The molecule has 18 heavy (non-hydrogen) atoms. The molecule has 1 heterocycles. The molecule has 0 aliphatic heterocycles. The fourth-order valence-electron chi connectivity index (χ4n) is 1.69. The van der Waals surface area contributed by atoms with E-state index in [1.165, 1.54) is 11.6 Å². The first-order chi connectivity index (χ1) is 8.47. The van der Waals surface area contributed by atoms with Gasteiger partial charge in [-0.25, -0.2) is 4.79 Å². The van der Waals surface area contributed by atoms with E-state index in [4.69, 9.17) is 4.74 Å². The van der Waals surface area contributed by atoms with Gasteiger partial charge in [-0.1, -0.05) is 0 Å². The van der Waals surface area contributed by atoms with Gasteiger partial charge in [0.05, 0.1) is 0 Å². The van der Waals surface area contributed by atoms with Crippen LogP contribution in [0.5, 0.6) is 0 Å². The molecule has 0 spiro atoms. The Labute approximate surface area is 106 Å². The van der Waals surface area contributed by atoms with Crippen molar-refractivity contribution in [2.75, 3.05) is 13.7 Å². The van der Waals surface area contributed by atoms with E-state index in [0.29, 0.717) is 18.7 Å². The monoisotopic (exact) mass is 255 g/mol. The number of methoxy groups -OCH3 is 1. The summed E-state index contributed by atoms with van der Waals surface area (Å²) in [5.41, 5.74) is 0.0320. The fraction of sp³-hybridized carbons (Fsp3) is 0.667. The summed E-state index contributed by atoms with van der Waals surface area (Å²) in [5, 5.41) is 3.24. The number of nitrogens with zero attached hydrogens (tertiary/aromatic N) is 2. The van der Waals surface area contributed by atoms with Gasteiger partial charge in [-0.3, -0.25) is 9.36 Å². The van der Waals surface area contributed by atoms with E-state index in [2.05, 4.69) is 5.32 Å². The van der Waals surface area contributed by atoms with Gasteiger partial charge in [0.1, 0.15) is 0 Å². The summed E-state index contributed by atoms with van der Waals surface area (Å²) in [5.74, 6) is 0. The van der Waals surface area contributed by atoms with Crippen molar-refractivity contribution in [2.45, 2.75) is 25.9 Å². The van der Waals surface area contributed by atoms with Gasteiger partial charge in [0, 0.05) is 52.2 Å². The van der Waals surface area contributed by atoms with E-state index in [9.17, 15) is 9.59 Å². The molecule has 6 heteroatoms. The van der Waals surface area contributed by atoms with E-state index >= 15 is 0 Å². The molecule has 6 nitrogen and oxygen atoms in total. The Kier molecular flexibility index (Phi) is 5.30. The first-order valence-corrected chi connectivity index (χ1v) is 5.95. The van der Waals surface area contributed by atoms with Crippen molar-refractivity contribution in [3.63, 3.8) is 0 Å². The highest BCUT2D eigenvalue weighted by Gasteiger charge is 2.08. The minimum absolute atomic E-state index is 0.246. The highest BCUT2D eigenvalue weighted by molar-refractivity contribution is 5.05. The standard InChI is InChI=1S/C12H21N3O3/c1-9(5-6-18-4)13-7-10-8-14(2)12(17)15(3)11(10)16/h8-9,13H,5-7H2,1-4H3. The highest BCUT2D eigenvalue weighted by Crippen LogP contribution is 1.94. The molecule has 0 fully saturated rings. The second kappa shape index (κ2) is 6.51. The van der Waals surface area contributed by atoms with E-state index in [1.807, 2.05) is 6.92 Å². The molecule has 0 radical (unpaired) electrons. The Morgan fingerprint density at radius 3 is 2.67 bits per heavy atom. The Morgan fingerprint density at radius 1 is 1.39 bits per heavy atom. The molecule has 0 saturated heterocycles. The highest BCUT2D eigenvalue weighted by atomic mass is 16.5. The van der Waals surface area contributed by atoms with Gasteiger partial charge < -0.3 is 14.6 Å². The fourth-order valence-corrected chi connectivity index (χ4v) is 1.69. The first-order valence-electron chi connectivity index (χ1n) is 5.95. The molecular formula is C12H21N3O3. The largest absolute Gasteiger partial charge is 0.385 e. The average molecular weight is 255 g/mol. The SMILES string of the molecule is COCCC(C)NCc1cn(C)c(=O)n(C)c1=O. The minimum atomic E-state index is -0.309. The minimum Gasteiger partial charge on any atom is -0.385 e. The van der Waals surface area contributed by atoms with Gasteiger partial charge in [-0.05, 0) is 13.3 Å². The molecule has 0 saturated carbocycles. The first kappa shape index (κ1) is 14.7. The number of hydrogen-bond acceptors (Lipinski definition) is 4. The molecule has 0 bridgehead atoms. The van der Waals surface area contributed by atoms with Crippen molar-refractivity contribution in [1.29, 1.82) is 0 Å². The second-order valence-corrected chi connectivity index (χ2v) is 4.48. The van der Waals surface area contributed by atoms with Crippen LogP contribution in [-0.4, -0.2) is 28.9 Å². The summed E-state index contributed by atoms with van der Waals surface area (Å²) in [6.07, 6.45) is 2.46. The van der Waals surface area contributed by atoms with Crippen LogP contribution in [-0.2, 0) is 25.4 Å². The number of nitrogens with one attached hydrogen (secondary N) is 1. The Hall–Kier alpha value is -1.40. The van der Waals surface area contributed by atoms with Crippen molar-refractivity contribution in [1.82, 2.24) is 14.5 Å². The summed E-state index contributed by atoms with van der Waals surface area (Å²) < 4.78 is 7.53. The number of aryl methyl sites for hydroxylation is 1. The van der Waals surface area contributed by atoms with Gasteiger partial charge >= 0.3 is 5.69 Å². The lowest BCUT2D eigenvalue weighted by Crippen LogP contribution is -2.40.